The SMILES string of the molecule is C=C/C=C(C)\C=C/C(C)(C)c1ccc(C)cc1.CC.CCC.[B]C.[B]C.[B]C1(N)c2cc(C)ccc2-c2ccc(C)cc21. The molecular formula is C39H56B3N. The second kappa shape index (κ2) is 21.7. The van der Waals surface area contributed by atoms with Gasteiger partial charge < -0.3 is 5.73 Å². The summed E-state index contributed by atoms with van der Waals surface area (Å²) in [6.07, 6.45) is 9.48. The average molecular weight is 571 g/mol. The van der Waals surface area contributed by atoms with Gasteiger partial charge in [-0.2, -0.15) is 0 Å². The Labute approximate surface area is 270 Å². The van der Waals surface area contributed by atoms with Gasteiger partial charge in [0.1, 0.15) is 7.85 Å². The molecule has 0 aromatic heterocycles. The molecule has 0 fully saturated rings. The first-order valence-electron chi connectivity index (χ1n) is 15.4. The monoisotopic (exact) mass is 571 g/mol. The summed E-state index contributed by atoms with van der Waals surface area (Å²) < 4.78 is 0. The van der Waals surface area contributed by atoms with Crippen LogP contribution in [0.4, 0.5) is 0 Å². The van der Waals surface area contributed by atoms with E-state index in [0.29, 0.717) is 0 Å². The van der Waals surface area contributed by atoms with Crippen molar-refractivity contribution in [1.29, 1.82) is 0 Å². The number of nitrogens with two attached hydrogens (primary N) is 1. The number of hydrogen-bond acceptors (Lipinski definition) is 1. The highest BCUT2D eigenvalue weighted by atomic mass is 14.7. The van der Waals surface area contributed by atoms with Crippen LogP contribution in [-0.4, -0.2) is 23.5 Å². The van der Waals surface area contributed by atoms with Gasteiger partial charge in [0.15, 0.2) is 0 Å². The Morgan fingerprint density at radius 3 is 1.53 bits per heavy atom. The van der Waals surface area contributed by atoms with Crippen molar-refractivity contribution >= 4 is 23.5 Å². The van der Waals surface area contributed by atoms with Crippen LogP contribution in [0.25, 0.3) is 11.1 Å². The van der Waals surface area contributed by atoms with Gasteiger partial charge in [-0.1, -0.05) is 175 Å². The molecule has 3 aromatic carbocycles. The minimum absolute atomic E-state index is 0.0595. The summed E-state index contributed by atoms with van der Waals surface area (Å²) in [6, 6.07) is 21.3. The van der Waals surface area contributed by atoms with Crippen LogP contribution in [0.1, 0.15) is 88.3 Å². The molecule has 0 saturated heterocycles. The number of allylic oxidation sites excluding steroid dienone is 5. The summed E-state index contributed by atoms with van der Waals surface area (Å²) >= 11 is 0. The third kappa shape index (κ3) is 13.1. The quantitative estimate of drug-likeness (QED) is 0.245. The smallest absolute Gasteiger partial charge is 0.108 e. The van der Waals surface area contributed by atoms with E-state index in [0.717, 1.165) is 22.3 Å². The molecule has 4 rings (SSSR count). The molecule has 0 unspecified atom stereocenters. The van der Waals surface area contributed by atoms with E-state index in [1.54, 1.807) is 0 Å². The van der Waals surface area contributed by atoms with Gasteiger partial charge in [0.2, 0.25) is 0 Å². The van der Waals surface area contributed by atoms with Gasteiger partial charge in [0.25, 0.3) is 0 Å². The van der Waals surface area contributed by atoms with E-state index < -0.39 is 5.44 Å². The van der Waals surface area contributed by atoms with E-state index >= 15 is 0 Å². The first kappa shape index (κ1) is 42.2. The maximum atomic E-state index is 6.32. The number of rotatable bonds is 4. The molecule has 3 aromatic rings. The van der Waals surface area contributed by atoms with Gasteiger partial charge in [0.05, 0.1) is 15.7 Å². The number of fused-ring (bicyclic) bond motifs is 3. The van der Waals surface area contributed by atoms with Crippen LogP contribution < -0.4 is 5.73 Å². The summed E-state index contributed by atoms with van der Waals surface area (Å²) in [7, 11) is 15.3. The van der Waals surface area contributed by atoms with E-state index in [4.69, 9.17) is 13.6 Å². The summed E-state index contributed by atoms with van der Waals surface area (Å²) in [5.41, 5.74) is 16.1. The second-order valence-corrected chi connectivity index (χ2v) is 10.7. The number of benzene rings is 3. The van der Waals surface area contributed by atoms with Crippen LogP contribution in [0, 0.1) is 20.8 Å². The van der Waals surface area contributed by atoms with Gasteiger partial charge in [0, 0.05) is 10.9 Å². The molecule has 4 heteroatoms. The molecule has 6 radical (unpaired) electrons. The molecule has 0 atom stereocenters. The van der Waals surface area contributed by atoms with Crippen LogP contribution in [0.2, 0.25) is 13.6 Å². The molecular weight excluding hydrogens is 515 g/mol. The molecule has 0 spiro atoms. The Bertz CT molecular complexity index is 1210. The molecule has 2 N–H and O–H groups in total. The highest BCUT2D eigenvalue weighted by Gasteiger charge is 2.35. The van der Waals surface area contributed by atoms with Crippen molar-refractivity contribution in [2.45, 2.75) is 100 Å². The lowest BCUT2D eigenvalue weighted by Crippen LogP contribution is -2.36. The van der Waals surface area contributed by atoms with Crippen molar-refractivity contribution in [1.82, 2.24) is 0 Å². The Morgan fingerprint density at radius 2 is 1.16 bits per heavy atom. The Morgan fingerprint density at radius 1 is 0.791 bits per heavy atom. The van der Waals surface area contributed by atoms with Gasteiger partial charge >= 0.3 is 0 Å². The van der Waals surface area contributed by atoms with Crippen LogP contribution >= 0.6 is 0 Å². The minimum atomic E-state index is -0.858. The van der Waals surface area contributed by atoms with Crippen LogP contribution in [-0.2, 0) is 10.9 Å². The first-order chi connectivity index (χ1) is 20.4. The lowest BCUT2D eigenvalue weighted by atomic mass is 9.71. The Kier molecular flexibility index (Phi) is 21.3. The predicted molar refractivity (Wildman–Crippen MR) is 200 cm³/mol. The molecule has 1 aliphatic rings. The Balaban J connectivity index is 0. The third-order valence-corrected chi connectivity index (χ3v) is 6.47. The fraction of sp³-hybridized carbons (Fsp3) is 0.385. The van der Waals surface area contributed by atoms with Crippen molar-refractivity contribution in [2.75, 3.05) is 0 Å². The molecule has 43 heavy (non-hydrogen) atoms. The number of aryl methyl sites for hydroxylation is 3. The van der Waals surface area contributed by atoms with E-state index in [1.807, 2.05) is 26.0 Å². The zero-order valence-electron chi connectivity index (χ0n) is 29.3. The molecule has 0 amide bonds. The van der Waals surface area contributed by atoms with Crippen molar-refractivity contribution in [3.63, 3.8) is 0 Å². The predicted octanol–water partition coefficient (Wildman–Crippen LogP) is 10.4. The first-order valence-corrected chi connectivity index (χ1v) is 15.4. The second-order valence-electron chi connectivity index (χ2n) is 10.7. The molecule has 0 heterocycles. The Hall–Kier alpha value is -2.97. The van der Waals surface area contributed by atoms with E-state index in [9.17, 15) is 0 Å². The lowest BCUT2D eigenvalue weighted by Gasteiger charge is -2.22. The average Bonchev–Trinajstić information content (AvgIpc) is 3.21. The fourth-order valence-corrected chi connectivity index (χ4v) is 4.28. The standard InChI is InChI=1S/C17H22.C15H14BN.C3H8.C2H6.2CH3B/c1-6-7-14(2)12-13-17(4,5)16-10-8-15(3)9-11-16;1-9-3-5-11-12-6-4-10(2)8-14(12)15(16,17)13(11)7-9;1-3-2;3*1-2/h6-13H,1H2,2-5H3;3-8H,17H2,1-2H3;3H2,1-2H3;1-2H3;2*1H3/b13-12-,14-7-;;;;;. The van der Waals surface area contributed by atoms with E-state index in [2.05, 4.69) is 150 Å². The third-order valence-electron chi connectivity index (χ3n) is 6.47. The highest BCUT2D eigenvalue weighted by Crippen LogP contribution is 2.44. The zero-order valence-corrected chi connectivity index (χ0v) is 29.3. The van der Waals surface area contributed by atoms with Gasteiger partial charge in [-0.25, -0.2) is 0 Å². The van der Waals surface area contributed by atoms with E-state index in [1.165, 1.54) is 47.9 Å². The molecule has 1 nitrogen and oxygen atoms in total. The van der Waals surface area contributed by atoms with Crippen molar-refractivity contribution < 1.29 is 0 Å². The number of hydrogen-bond donors (Lipinski definition) is 1. The topological polar surface area (TPSA) is 26.0 Å². The maximum absolute atomic E-state index is 6.32. The van der Waals surface area contributed by atoms with Gasteiger partial charge in [-0.15, -0.1) is 0 Å². The van der Waals surface area contributed by atoms with Crippen molar-refractivity contribution in [3.8, 4) is 11.1 Å². The van der Waals surface area contributed by atoms with Crippen LogP contribution in [0.3, 0.4) is 0 Å². The molecule has 1 aliphatic carbocycles. The fourth-order valence-electron chi connectivity index (χ4n) is 4.28. The zero-order chi connectivity index (χ0) is 33.8. The van der Waals surface area contributed by atoms with Gasteiger partial charge in [-0.3, -0.25) is 0 Å². The van der Waals surface area contributed by atoms with E-state index in [-0.39, 0.29) is 5.41 Å². The lowest BCUT2D eigenvalue weighted by molar-refractivity contribution is 0.669. The molecule has 0 bridgehead atoms. The minimum Gasteiger partial charge on any atom is -0.325 e. The van der Waals surface area contributed by atoms with Crippen molar-refractivity contribution in [2.24, 2.45) is 5.73 Å². The molecule has 0 saturated carbocycles. The highest BCUT2D eigenvalue weighted by molar-refractivity contribution is 6.20. The summed E-state index contributed by atoms with van der Waals surface area (Å²) in [5, 5.41) is 0. The van der Waals surface area contributed by atoms with Gasteiger partial charge in [-0.05, 0) is 55.5 Å². The molecule has 226 valence electrons. The summed E-state index contributed by atoms with van der Waals surface area (Å²) in [4.78, 5) is 0. The van der Waals surface area contributed by atoms with Crippen LogP contribution in [0.5, 0.6) is 0 Å². The largest absolute Gasteiger partial charge is 0.325 e. The maximum Gasteiger partial charge on any atom is 0.108 e. The summed E-state index contributed by atoms with van der Waals surface area (Å²) in [6.45, 7) is 27.7. The van der Waals surface area contributed by atoms with Crippen LogP contribution in [0.15, 0.2) is 97.1 Å². The molecule has 0 aliphatic heterocycles. The normalized spacial score (nSPS) is 12.1. The van der Waals surface area contributed by atoms with Crippen molar-refractivity contribution in [3.05, 3.63) is 131 Å². The summed E-state index contributed by atoms with van der Waals surface area (Å²) in [5.74, 6) is 0.